The summed E-state index contributed by atoms with van der Waals surface area (Å²) in [5, 5.41) is 11.8. The molecular weight excluding hydrogens is 362 g/mol. The fourth-order valence-electron chi connectivity index (χ4n) is 3.83. The van der Waals surface area contributed by atoms with Crippen LogP contribution >= 0.6 is 0 Å². The molecule has 3 aromatic rings. The fourth-order valence-corrected chi connectivity index (χ4v) is 3.83. The minimum absolute atomic E-state index is 0.0253. The number of imidazole rings is 1. The van der Waals surface area contributed by atoms with Gasteiger partial charge in [0.25, 0.3) is 0 Å². The molecular formula is C24H31N3O2. The van der Waals surface area contributed by atoms with E-state index in [2.05, 4.69) is 49.7 Å². The molecule has 1 heterocycles. The van der Waals surface area contributed by atoms with Gasteiger partial charge in [-0.25, -0.2) is 4.98 Å². The number of carbonyl (C=O) groups is 1. The first-order valence-electron chi connectivity index (χ1n) is 10.3. The summed E-state index contributed by atoms with van der Waals surface area (Å²) in [5.74, 6) is 0.953. The van der Waals surface area contributed by atoms with Crippen LogP contribution in [0.3, 0.4) is 0 Å². The van der Waals surface area contributed by atoms with Gasteiger partial charge in [-0.1, -0.05) is 18.2 Å². The highest BCUT2D eigenvalue weighted by Crippen LogP contribution is 2.25. The molecule has 154 valence electrons. The van der Waals surface area contributed by atoms with E-state index in [9.17, 15) is 4.79 Å². The highest BCUT2D eigenvalue weighted by Gasteiger charge is 2.15. The number of aryl methyl sites for hydroxylation is 2. The molecule has 0 aliphatic heterocycles. The maximum atomic E-state index is 11.9. The van der Waals surface area contributed by atoms with Gasteiger partial charge in [-0.3, -0.25) is 4.79 Å². The average Bonchev–Trinajstić information content (AvgIpc) is 3.05. The number of amides is 1. The van der Waals surface area contributed by atoms with Crippen molar-refractivity contribution >= 4 is 16.9 Å². The molecule has 0 bridgehead atoms. The maximum Gasteiger partial charge on any atom is 0.220 e. The number of nitrogens with one attached hydrogen (secondary N) is 1. The summed E-state index contributed by atoms with van der Waals surface area (Å²) in [5.41, 5.74) is 8.72. The molecule has 1 amide bonds. The van der Waals surface area contributed by atoms with Crippen molar-refractivity contribution in [1.29, 1.82) is 0 Å². The van der Waals surface area contributed by atoms with Crippen molar-refractivity contribution in [2.45, 2.75) is 53.5 Å². The zero-order valence-electron chi connectivity index (χ0n) is 17.9. The molecule has 5 heteroatoms. The van der Waals surface area contributed by atoms with E-state index < -0.39 is 0 Å². The van der Waals surface area contributed by atoms with E-state index in [0.717, 1.165) is 23.4 Å². The number of carbonyl (C=O) groups excluding carboxylic acids is 1. The number of para-hydroxylation sites is 2. The minimum atomic E-state index is -0.0253. The van der Waals surface area contributed by atoms with E-state index in [-0.39, 0.29) is 12.5 Å². The topological polar surface area (TPSA) is 67.2 Å². The Morgan fingerprint density at radius 3 is 2.48 bits per heavy atom. The lowest BCUT2D eigenvalue weighted by molar-refractivity contribution is -0.121. The predicted octanol–water partition coefficient (Wildman–Crippen LogP) is 3.75. The second-order valence-electron chi connectivity index (χ2n) is 7.77. The Hall–Kier alpha value is -2.66. The summed E-state index contributed by atoms with van der Waals surface area (Å²) >= 11 is 0. The molecule has 5 nitrogen and oxygen atoms in total. The quantitative estimate of drug-likeness (QED) is 0.612. The molecule has 0 saturated heterocycles. The number of hydrogen-bond acceptors (Lipinski definition) is 3. The van der Waals surface area contributed by atoms with Gasteiger partial charge in [0.2, 0.25) is 5.91 Å². The van der Waals surface area contributed by atoms with Crippen molar-refractivity contribution in [2.24, 2.45) is 0 Å². The first-order valence-corrected chi connectivity index (χ1v) is 10.3. The van der Waals surface area contributed by atoms with Gasteiger partial charge in [-0.05, 0) is 74.1 Å². The fraction of sp³-hybridized carbons (Fsp3) is 0.417. The summed E-state index contributed by atoms with van der Waals surface area (Å²) in [7, 11) is 0. The monoisotopic (exact) mass is 393 g/mol. The van der Waals surface area contributed by atoms with Gasteiger partial charge in [-0.15, -0.1) is 0 Å². The zero-order chi connectivity index (χ0) is 21.0. The third kappa shape index (κ3) is 4.67. The Morgan fingerprint density at radius 1 is 1.10 bits per heavy atom. The Morgan fingerprint density at radius 2 is 1.79 bits per heavy atom. The van der Waals surface area contributed by atoms with Crippen molar-refractivity contribution in [3.63, 3.8) is 0 Å². The highest BCUT2D eigenvalue weighted by molar-refractivity contribution is 5.77. The number of fused-ring (bicyclic) bond motifs is 1. The second-order valence-corrected chi connectivity index (χ2v) is 7.77. The van der Waals surface area contributed by atoms with Crippen molar-refractivity contribution in [3.8, 4) is 0 Å². The molecule has 0 spiro atoms. The molecule has 0 saturated carbocycles. The van der Waals surface area contributed by atoms with Gasteiger partial charge in [0.05, 0.1) is 11.0 Å². The minimum Gasteiger partial charge on any atom is -0.396 e. The van der Waals surface area contributed by atoms with Crippen LogP contribution in [0.5, 0.6) is 0 Å². The first kappa shape index (κ1) is 21.1. The van der Waals surface area contributed by atoms with Crippen LogP contribution < -0.4 is 5.32 Å². The van der Waals surface area contributed by atoms with Gasteiger partial charge in [-0.2, -0.15) is 0 Å². The van der Waals surface area contributed by atoms with E-state index in [0.29, 0.717) is 25.8 Å². The van der Waals surface area contributed by atoms with E-state index in [1.54, 1.807) is 0 Å². The molecule has 0 radical (unpaired) electrons. The van der Waals surface area contributed by atoms with Crippen LogP contribution in [0, 0.1) is 27.7 Å². The van der Waals surface area contributed by atoms with Gasteiger partial charge in [0.1, 0.15) is 5.82 Å². The Labute approximate surface area is 172 Å². The number of rotatable bonds is 8. The summed E-state index contributed by atoms with van der Waals surface area (Å²) in [6, 6.07) is 10.5. The van der Waals surface area contributed by atoms with Crippen molar-refractivity contribution in [2.75, 3.05) is 13.2 Å². The summed E-state index contributed by atoms with van der Waals surface area (Å²) < 4.78 is 2.28. The molecule has 0 fully saturated rings. The Balaban J connectivity index is 1.89. The average molecular weight is 394 g/mol. The molecule has 29 heavy (non-hydrogen) atoms. The van der Waals surface area contributed by atoms with Crippen LogP contribution in [-0.2, 0) is 17.8 Å². The van der Waals surface area contributed by atoms with E-state index in [1.165, 1.54) is 27.8 Å². The Bertz CT molecular complexity index is 994. The molecule has 3 rings (SSSR count). The van der Waals surface area contributed by atoms with Gasteiger partial charge in [0, 0.05) is 32.5 Å². The number of hydrogen-bond donors (Lipinski definition) is 2. The van der Waals surface area contributed by atoms with E-state index in [1.807, 2.05) is 18.2 Å². The molecule has 2 N–H and O–H groups in total. The van der Waals surface area contributed by atoms with E-state index >= 15 is 0 Å². The SMILES string of the molecule is Cc1cc(C)c(C)c(Cn2c(CCNC(=O)CCCO)nc3ccccc32)c1C. The van der Waals surface area contributed by atoms with Crippen molar-refractivity contribution in [1.82, 2.24) is 14.9 Å². The van der Waals surface area contributed by atoms with Crippen LogP contribution in [0.4, 0.5) is 0 Å². The largest absolute Gasteiger partial charge is 0.396 e. The lowest BCUT2D eigenvalue weighted by Gasteiger charge is -2.18. The van der Waals surface area contributed by atoms with Crippen LogP contribution in [0.2, 0.25) is 0 Å². The summed E-state index contributed by atoms with van der Waals surface area (Å²) in [6.07, 6.45) is 1.52. The molecule has 0 atom stereocenters. The van der Waals surface area contributed by atoms with Gasteiger partial charge >= 0.3 is 0 Å². The third-order valence-corrected chi connectivity index (χ3v) is 5.80. The van der Waals surface area contributed by atoms with Gasteiger partial charge in [0.15, 0.2) is 0 Å². The molecule has 0 aliphatic rings. The predicted molar refractivity (Wildman–Crippen MR) is 117 cm³/mol. The summed E-state index contributed by atoms with van der Waals surface area (Å²) in [6.45, 7) is 10.1. The van der Waals surface area contributed by atoms with Gasteiger partial charge < -0.3 is 15.0 Å². The second kappa shape index (κ2) is 9.23. The van der Waals surface area contributed by atoms with Crippen LogP contribution in [0.1, 0.15) is 46.5 Å². The standard InChI is InChI=1S/C24H31N3O2/c1-16-14-17(2)19(4)20(18(16)3)15-27-22-9-6-5-8-21(22)26-23(27)11-12-25-24(29)10-7-13-28/h5-6,8-9,14,28H,7,10-13,15H2,1-4H3,(H,25,29). The smallest absolute Gasteiger partial charge is 0.220 e. The third-order valence-electron chi connectivity index (χ3n) is 5.80. The zero-order valence-corrected chi connectivity index (χ0v) is 17.9. The number of aliphatic hydroxyl groups is 1. The van der Waals surface area contributed by atoms with Crippen LogP contribution in [0.15, 0.2) is 30.3 Å². The van der Waals surface area contributed by atoms with Crippen molar-refractivity contribution < 1.29 is 9.90 Å². The first-order chi connectivity index (χ1) is 13.9. The lowest BCUT2D eigenvalue weighted by atomic mass is 9.94. The number of aromatic nitrogens is 2. The molecule has 2 aromatic carbocycles. The lowest BCUT2D eigenvalue weighted by Crippen LogP contribution is -2.26. The Kier molecular flexibility index (Phi) is 6.70. The molecule has 1 aromatic heterocycles. The van der Waals surface area contributed by atoms with Crippen LogP contribution in [-0.4, -0.2) is 33.7 Å². The number of benzene rings is 2. The van der Waals surface area contributed by atoms with Crippen LogP contribution in [0.25, 0.3) is 11.0 Å². The van der Waals surface area contributed by atoms with E-state index in [4.69, 9.17) is 10.1 Å². The highest BCUT2D eigenvalue weighted by atomic mass is 16.3. The molecule has 0 aliphatic carbocycles. The van der Waals surface area contributed by atoms with Crippen molar-refractivity contribution in [3.05, 3.63) is 64.0 Å². The molecule has 0 unspecified atom stereocenters. The normalized spacial score (nSPS) is 11.2. The number of aliphatic hydroxyl groups excluding tert-OH is 1. The maximum absolute atomic E-state index is 11.9. The summed E-state index contributed by atoms with van der Waals surface area (Å²) in [4.78, 5) is 16.7. The number of nitrogens with zero attached hydrogens (tertiary/aromatic N) is 2.